The molecule has 0 aromatic heterocycles. The molecule has 0 bridgehead atoms. The zero-order valence-electron chi connectivity index (χ0n) is 8.87. The van der Waals surface area contributed by atoms with Gasteiger partial charge in [0.2, 0.25) is 0 Å². The van der Waals surface area contributed by atoms with Crippen LogP contribution < -0.4 is 0 Å². The SMILES string of the molecule is COC1CCN(C2CCCC2=O)CC1. The van der Waals surface area contributed by atoms with E-state index in [1.165, 1.54) is 0 Å². The molecular formula is C11H19NO2. The molecule has 0 aromatic carbocycles. The van der Waals surface area contributed by atoms with Crippen molar-refractivity contribution in [2.24, 2.45) is 0 Å². The maximum absolute atomic E-state index is 11.6. The van der Waals surface area contributed by atoms with Crippen molar-refractivity contribution < 1.29 is 9.53 Å². The van der Waals surface area contributed by atoms with E-state index in [1.807, 2.05) is 0 Å². The fraction of sp³-hybridized carbons (Fsp3) is 0.909. The van der Waals surface area contributed by atoms with Crippen molar-refractivity contribution in [2.45, 2.75) is 44.2 Å². The Labute approximate surface area is 85.4 Å². The van der Waals surface area contributed by atoms with Crippen molar-refractivity contribution in [1.82, 2.24) is 4.90 Å². The molecule has 1 aliphatic carbocycles. The zero-order chi connectivity index (χ0) is 9.97. The third kappa shape index (κ3) is 1.98. The molecule has 1 heterocycles. The number of rotatable bonds is 2. The summed E-state index contributed by atoms with van der Waals surface area (Å²) in [6, 6.07) is 0.243. The molecule has 0 amide bonds. The lowest BCUT2D eigenvalue weighted by Crippen LogP contribution is -2.44. The second kappa shape index (κ2) is 4.41. The van der Waals surface area contributed by atoms with Crippen LogP contribution in [0.3, 0.4) is 0 Å². The summed E-state index contributed by atoms with van der Waals surface area (Å²) in [5.74, 6) is 0.459. The number of ether oxygens (including phenoxy) is 1. The monoisotopic (exact) mass is 197 g/mol. The zero-order valence-corrected chi connectivity index (χ0v) is 8.87. The predicted molar refractivity (Wildman–Crippen MR) is 54.3 cm³/mol. The van der Waals surface area contributed by atoms with Crippen LogP contribution in [0.4, 0.5) is 0 Å². The van der Waals surface area contributed by atoms with Crippen molar-refractivity contribution in [3.63, 3.8) is 0 Å². The van der Waals surface area contributed by atoms with Crippen molar-refractivity contribution in [3.05, 3.63) is 0 Å². The summed E-state index contributed by atoms with van der Waals surface area (Å²) >= 11 is 0. The van der Waals surface area contributed by atoms with Crippen molar-refractivity contribution in [1.29, 1.82) is 0 Å². The van der Waals surface area contributed by atoms with Crippen LogP contribution in [0, 0.1) is 0 Å². The number of Topliss-reactive ketones (excluding diaryl/α,β-unsaturated/α-hetero) is 1. The van der Waals surface area contributed by atoms with E-state index in [4.69, 9.17) is 4.74 Å². The Balaban J connectivity index is 1.85. The summed E-state index contributed by atoms with van der Waals surface area (Å²) in [5.41, 5.74) is 0. The summed E-state index contributed by atoms with van der Waals surface area (Å²) in [6.45, 7) is 2.07. The molecule has 1 unspecified atom stereocenters. The van der Waals surface area contributed by atoms with Crippen LogP contribution in [-0.2, 0) is 9.53 Å². The number of piperidine rings is 1. The lowest BCUT2D eigenvalue weighted by molar-refractivity contribution is -0.122. The molecule has 1 aliphatic heterocycles. The standard InChI is InChI=1S/C11H19NO2/c1-14-9-5-7-12(8-6-9)10-3-2-4-11(10)13/h9-10H,2-8H2,1H3. The lowest BCUT2D eigenvalue weighted by atomic mass is 10.0. The number of carbonyl (C=O) groups is 1. The molecule has 14 heavy (non-hydrogen) atoms. The molecule has 2 fully saturated rings. The van der Waals surface area contributed by atoms with Crippen LogP contribution in [0.1, 0.15) is 32.1 Å². The van der Waals surface area contributed by atoms with Gasteiger partial charge in [-0.3, -0.25) is 9.69 Å². The van der Waals surface area contributed by atoms with Crippen LogP contribution >= 0.6 is 0 Å². The second-order valence-corrected chi connectivity index (χ2v) is 4.35. The average Bonchev–Trinajstić information content (AvgIpc) is 2.65. The van der Waals surface area contributed by atoms with Gasteiger partial charge in [-0.15, -0.1) is 0 Å². The molecule has 1 atom stereocenters. The number of ketones is 1. The predicted octanol–water partition coefficient (Wildman–Crippen LogP) is 1.22. The van der Waals surface area contributed by atoms with Gasteiger partial charge in [0.15, 0.2) is 0 Å². The van der Waals surface area contributed by atoms with Gasteiger partial charge in [0.05, 0.1) is 12.1 Å². The molecule has 1 saturated carbocycles. The molecule has 0 aromatic rings. The third-order valence-corrected chi connectivity index (χ3v) is 3.52. The van der Waals surface area contributed by atoms with Gasteiger partial charge in [-0.2, -0.15) is 0 Å². The highest BCUT2D eigenvalue weighted by molar-refractivity contribution is 5.85. The molecule has 1 saturated heterocycles. The summed E-state index contributed by atoms with van der Waals surface area (Å²) in [7, 11) is 1.78. The van der Waals surface area contributed by atoms with Crippen molar-refractivity contribution in [2.75, 3.05) is 20.2 Å². The topological polar surface area (TPSA) is 29.5 Å². The Kier molecular flexibility index (Phi) is 3.19. The van der Waals surface area contributed by atoms with E-state index in [9.17, 15) is 4.79 Å². The number of carbonyl (C=O) groups excluding carboxylic acids is 1. The van der Waals surface area contributed by atoms with E-state index < -0.39 is 0 Å². The fourth-order valence-electron chi connectivity index (χ4n) is 2.61. The van der Waals surface area contributed by atoms with Crippen LogP contribution in [0.2, 0.25) is 0 Å². The molecule has 2 aliphatic rings. The Bertz CT molecular complexity index is 209. The highest BCUT2D eigenvalue weighted by Gasteiger charge is 2.32. The Morgan fingerprint density at radius 1 is 1.29 bits per heavy atom. The van der Waals surface area contributed by atoms with Gasteiger partial charge in [-0.25, -0.2) is 0 Å². The van der Waals surface area contributed by atoms with E-state index in [0.29, 0.717) is 11.9 Å². The van der Waals surface area contributed by atoms with Gasteiger partial charge in [-0.1, -0.05) is 0 Å². The Hall–Kier alpha value is -0.410. The van der Waals surface area contributed by atoms with E-state index in [1.54, 1.807) is 7.11 Å². The molecule has 3 heteroatoms. The molecule has 2 rings (SSSR count). The summed E-state index contributed by atoms with van der Waals surface area (Å²) in [4.78, 5) is 13.9. The summed E-state index contributed by atoms with van der Waals surface area (Å²) < 4.78 is 5.32. The van der Waals surface area contributed by atoms with Crippen LogP contribution in [0.15, 0.2) is 0 Å². The highest BCUT2D eigenvalue weighted by Crippen LogP contribution is 2.24. The number of hydrogen-bond acceptors (Lipinski definition) is 3. The third-order valence-electron chi connectivity index (χ3n) is 3.52. The first-order valence-corrected chi connectivity index (χ1v) is 5.61. The molecule has 0 N–H and O–H groups in total. The van der Waals surface area contributed by atoms with E-state index in [2.05, 4.69) is 4.90 Å². The molecular weight excluding hydrogens is 178 g/mol. The van der Waals surface area contributed by atoms with Crippen LogP contribution in [-0.4, -0.2) is 43.0 Å². The summed E-state index contributed by atoms with van der Waals surface area (Å²) in [6.07, 6.45) is 5.56. The maximum Gasteiger partial charge on any atom is 0.149 e. The van der Waals surface area contributed by atoms with Gasteiger partial charge >= 0.3 is 0 Å². The Morgan fingerprint density at radius 2 is 2.00 bits per heavy atom. The minimum atomic E-state index is 0.243. The van der Waals surface area contributed by atoms with Gasteiger partial charge < -0.3 is 4.74 Å². The minimum absolute atomic E-state index is 0.243. The van der Waals surface area contributed by atoms with Crippen LogP contribution in [0.25, 0.3) is 0 Å². The molecule has 80 valence electrons. The molecule has 0 spiro atoms. The smallest absolute Gasteiger partial charge is 0.149 e. The van der Waals surface area contributed by atoms with E-state index in [-0.39, 0.29) is 6.04 Å². The van der Waals surface area contributed by atoms with E-state index >= 15 is 0 Å². The van der Waals surface area contributed by atoms with Crippen molar-refractivity contribution in [3.8, 4) is 0 Å². The molecule has 0 radical (unpaired) electrons. The number of hydrogen-bond donors (Lipinski definition) is 0. The quantitative estimate of drug-likeness (QED) is 0.666. The first kappa shape index (κ1) is 10.1. The minimum Gasteiger partial charge on any atom is -0.381 e. The number of likely N-dealkylation sites (tertiary alicyclic amines) is 1. The maximum atomic E-state index is 11.6. The largest absolute Gasteiger partial charge is 0.381 e. The Morgan fingerprint density at radius 3 is 2.50 bits per heavy atom. The summed E-state index contributed by atoms with van der Waals surface area (Å²) in [5, 5.41) is 0. The first-order valence-electron chi connectivity index (χ1n) is 5.61. The van der Waals surface area contributed by atoms with E-state index in [0.717, 1.165) is 45.2 Å². The van der Waals surface area contributed by atoms with Gasteiger partial charge in [0, 0.05) is 26.6 Å². The van der Waals surface area contributed by atoms with Crippen LogP contribution in [0.5, 0.6) is 0 Å². The molecule has 3 nitrogen and oxygen atoms in total. The second-order valence-electron chi connectivity index (χ2n) is 4.35. The van der Waals surface area contributed by atoms with Crippen molar-refractivity contribution >= 4 is 5.78 Å². The normalized spacial score (nSPS) is 31.2. The van der Waals surface area contributed by atoms with Gasteiger partial charge in [0.1, 0.15) is 5.78 Å². The number of nitrogens with zero attached hydrogens (tertiary/aromatic N) is 1. The van der Waals surface area contributed by atoms with Gasteiger partial charge in [-0.05, 0) is 25.7 Å². The fourth-order valence-corrected chi connectivity index (χ4v) is 2.61. The number of methoxy groups -OCH3 is 1. The highest BCUT2D eigenvalue weighted by atomic mass is 16.5. The average molecular weight is 197 g/mol. The van der Waals surface area contributed by atoms with Gasteiger partial charge in [0.25, 0.3) is 0 Å². The first-order chi connectivity index (χ1) is 6.81. The lowest BCUT2D eigenvalue weighted by Gasteiger charge is -2.34.